The minimum atomic E-state index is -1.55. The number of hydrogen-bond acceptors (Lipinski definition) is 13. The predicted octanol–water partition coefficient (Wildman–Crippen LogP) is 9.55. The molecule has 12 nitrogen and oxygen atoms in total. The number of carbonyl (C=O) groups is 2. The normalized spacial score (nSPS) is 24.1. The second-order valence-electron chi connectivity index (χ2n) is 17.4. The molecule has 8 rings (SSSR count). The number of hydrogen-bond donors (Lipinski definition) is 1. The molecule has 2 aliphatic heterocycles. The Bertz CT molecular complexity index is 2520. The van der Waals surface area contributed by atoms with Gasteiger partial charge in [-0.15, -0.1) is 11.8 Å². The summed E-state index contributed by atoms with van der Waals surface area (Å²) in [6.45, 7) is 6.71. The zero-order chi connectivity index (χ0) is 49.2. The number of esters is 2. The summed E-state index contributed by atoms with van der Waals surface area (Å²) in [6, 6.07) is 56.2. The summed E-state index contributed by atoms with van der Waals surface area (Å²) in [5.74, 6) is -0.990. The number of aliphatic hydroxyl groups excluding tert-OH is 1. The van der Waals surface area contributed by atoms with Crippen molar-refractivity contribution in [3.05, 3.63) is 228 Å². The molecule has 2 fully saturated rings. The van der Waals surface area contributed by atoms with E-state index in [1.165, 1.54) is 11.8 Å². The minimum absolute atomic E-state index is 0.0962. The van der Waals surface area contributed by atoms with Gasteiger partial charge in [0.1, 0.15) is 42.1 Å². The second-order valence-corrected chi connectivity index (χ2v) is 18.5. The van der Waals surface area contributed by atoms with E-state index in [0.717, 1.165) is 27.8 Å². The molecule has 6 aromatic carbocycles. The SMILES string of the molecule is C=C(C)CS[C@@H]1O[C@H](CO[C@H]2O[C@H](COCc3ccccc3)[C@@H](OCc3ccccc3)[C@H](OCc3ccccc3)[C@H]2OCc2ccccc2)[C@@H](O)[C@H](OC(=O)c2ccccc2)[C@H]1OC(=O)c1ccccc1. The molecule has 370 valence electrons. The topological polar surface area (TPSA) is 137 Å². The molecule has 13 heteroatoms. The van der Waals surface area contributed by atoms with Gasteiger partial charge in [0.2, 0.25) is 0 Å². The first kappa shape index (κ1) is 51.4. The standard InChI is InChI=1S/C58H60O12S/c1-40(2)39-71-58-54(70-56(61)46-31-19-8-20-32-46)51(69-55(60)45-29-17-7-18-30-45)49(59)47(68-58)38-66-57-53(65-36-44-27-15-6-16-28-44)52(64-35-43-25-13-5-14-26-43)50(63-34-42-23-11-4-12-24-42)48(67-57)37-62-33-41-21-9-3-10-22-41/h3-32,47-54,57-59H,1,33-39H2,2H3/t47-,48-,49-,50-,51+,52+,53-,54-,57+,58+/m1/s1. The summed E-state index contributed by atoms with van der Waals surface area (Å²) in [5, 5.41) is 12.3. The van der Waals surface area contributed by atoms with Gasteiger partial charge in [-0.3, -0.25) is 0 Å². The molecule has 0 spiro atoms. The first-order chi connectivity index (χ1) is 34.8. The molecule has 0 radical (unpaired) electrons. The Morgan fingerprint density at radius 2 is 0.915 bits per heavy atom. The maximum atomic E-state index is 13.8. The Morgan fingerprint density at radius 3 is 1.39 bits per heavy atom. The smallest absolute Gasteiger partial charge is 0.338 e. The van der Waals surface area contributed by atoms with Crippen LogP contribution in [0.4, 0.5) is 0 Å². The van der Waals surface area contributed by atoms with Gasteiger partial charge in [0.25, 0.3) is 0 Å². The van der Waals surface area contributed by atoms with Crippen LogP contribution in [-0.4, -0.2) is 96.6 Å². The molecule has 2 saturated heterocycles. The summed E-state index contributed by atoms with van der Waals surface area (Å²) < 4.78 is 59.5. The molecule has 0 amide bonds. The zero-order valence-electron chi connectivity index (χ0n) is 39.6. The van der Waals surface area contributed by atoms with Crippen molar-refractivity contribution in [2.75, 3.05) is 19.0 Å². The van der Waals surface area contributed by atoms with Crippen molar-refractivity contribution < 1.29 is 57.3 Å². The van der Waals surface area contributed by atoms with E-state index in [0.29, 0.717) is 12.4 Å². The predicted molar refractivity (Wildman–Crippen MR) is 269 cm³/mol. The van der Waals surface area contributed by atoms with Crippen molar-refractivity contribution >= 4 is 23.7 Å². The molecule has 10 atom stereocenters. The number of aliphatic hydroxyl groups is 1. The molecule has 0 bridgehead atoms. The average Bonchev–Trinajstić information content (AvgIpc) is 3.41. The average molecular weight is 981 g/mol. The van der Waals surface area contributed by atoms with Gasteiger partial charge in [-0.1, -0.05) is 170 Å². The monoisotopic (exact) mass is 980 g/mol. The summed E-state index contributed by atoms with van der Waals surface area (Å²) in [4.78, 5) is 27.5. The van der Waals surface area contributed by atoms with Crippen LogP contribution >= 0.6 is 11.8 Å². The summed E-state index contributed by atoms with van der Waals surface area (Å²) in [6.07, 6.45) is -9.65. The van der Waals surface area contributed by atoms with Crippen LogP contribution in [0.5, 0.6) is 0 Å². The molecule has 2 heterocycles. The van der Waals surface area contributed by atoms with Gasteiger partial charge >= 0.3 is 11.9 Å². The van der Waals surface area contributed by atoms with Gasteiger partial charge < -0.3 is 47.7 Å². The Hall–Kier alpha value is -5.97. The zero-order valence-corrected chi connectivity index (χ0v) is 40.4. The molecule has 0 unspecified atom stereocenters. The lowest BCUT2D eigenvalue weighted by atomic mass is 9.97. The molecule has 0 aromatic heterocycles. The molecule has 71 heavy (non-hydrogen) atoms. The third kappa shape index (κ3) is 14.8. The van der Waals surface area contributed by atoms with Gasteiger partial charge in [0.05, 0.1) is 50.8 Å². The van der Waals surface area contributed by atoms with E-state index < -0.39 is 72.5 Å². The molecule has 2 aliphatic rings. The van der Waals surface area contributed by atoms with E-state index in [9.17, 15) is 14.7 Å². The Morgan fingerprint density at radius 1 is 0.493 bits per heavy atom. The van der Waals surface area contributed by atoms with E-state index >= 15 is 0 Å². The summed E-state index contributed by atoms with van der Waals surface area (Å²) in [7, 11) is 0. The van der Waals surface area contributed by atoms with Crippen molar-refractivity contribution in [2.24, 2.45) is 0 Å². The van der Waals surface area contributed by atoms with Crippen LogP contribution in [0.2, 0.25) is 0 Å². The lowest BCUT2D eigenvalue weighted by Gasteiger charge is -2.47. The lowest BCUT2D eigenvalue weighted by Crippen LogP contribution is -2.63. The van der Waals surface area contributed by atoms with E-state index in [4.69, 9.17) is 42.6 Å². The van der Waals surface area contributed by atoms with Crippen molar-refractivity contribution in [1.29, 1.82) is 0 Å². The summed E-state index contributed by atoms with van der Waals surface area (Å²) in [5.41, 5.74) is 4.19. The van der Waals surface area contributed by atoms with Gasteiger partial charge in [0, 0.05) is 5.75 Å². The third-order valence-electron chi connectivity index (χ3n) is 11.9. The van der Waals surface area contributed by atoms with Gasteiger partial charge in [0.15, 0.2) is 18.5 Å². The molecule has 0 saturated carbocycles. The van der Waals surface area contributed by atoms with E-state index in [-0.39, 0.29) is 44.2 Å². The van der Waals surface area contributed by atoms with Crippen LogP contribution in [-0.2, 0) is 69.1 Å². The van der Waals surface area contributed by atoms with Crippen LogP contribution in [0, 0.1) is 0 Å². The van der Waals surface area contributed by atoms with Crippen LogP contribution in [0.15, 0.2) is 194 Å². The highest BCUT2D eigenvalue weighted by atomic mass is 32.2. The number of benzene rings is 6. The minimum Gasteiger partial charge on any atom is -0.452 e. The van der Waals surface area contributed by atoms with E-state index in [2.05, 4.69) is 6.58 Å². The van der Waals surface area contributed by atoms with Crippen LogP contribution < -0.4 is 0 Å². The maximum Gasteiger partial charge on any atom is 0.338 e. The Balaban J connectivity index is 1.12. The third-order valence-corrected chi connectivity index (χ3v) is 13.3. The lowest BCUT2D eigenvalue weighted by molar-refractivity contribution is -0.335. The van der Waals surface area contributed by atoms with Gasteiger partial charge in [-0.2, -0.15) is 0 Å². The highest BCUT2D eigenvalue weighted by Crippen LogP contribution is 2.36. The van der Waals surface area contributed by atoms with E-state index in [1.807, 2.05) is 128 Å². The number of thioether (sulfide) groups is 1. The van der Waals surface area contributed by atoms with E-state index in [1.54, 1.807) is 60.7 Å². The van der Waals surface area contributed by atoms with Crippen molar-refractivity contribution in [3.63, 3.8) is 0 Å². The highest BCUT2D eigenvalue weighted by Gasteiger charge is 2.53. The Kier molecular flexibility index (Phi) is 19.2. The molecule has 1 N–H and O–H groups in total. The van der Waals surface area contributed by atoms with Crippen molar-refractivity contribution in [1.82, 2.24) is 0 Å². The fourth-order valence-corrected chi connectivity index (χ4v) is 9.32. The largest absolute Gasteiger partial charge is 0.452 e. The molecular formula is C58H60O12S. The van der Waals surface area contributed by atoms with Crippen molar-refractivity contribution in [2.45, 2.75) is 93.9 Å². The van der Waals surface area contributed by atoms with Gasteiger partial charge in [-0.25, -0.2) is 9.59 Å². The molecule has 6 aromatic rings. The fraction of sp³-hybridized carbons (Fsp3) is 0.310. The van der Waals surface area contributed by atoms with Crippen LogP contribution in [0.25, 0.3) is 0 Å². The second kappa shape index (κ2) is 26.5. The first-order valence-electron chi connectivity index (χ1n) is 23.8. The maximum absolute atomic E-state index is 13.8. The van der Waals surface area contributed by atoms with Crippen molar-refractivity contribution in [3.8, 4) is 0 Å². The van der Waals surface area contributed by atoms with Crippen LogP contribution in [0.3, 0.4) is 0 Å². The van der Waals surface area contributed by atoms with Crippen LogP contribution in [0.1, 0.15) is 49.9 Å². The summed E-state index contributed by atoms with van der Waals surface area (Å²) >= 11 is 1.30. The van der Waals surface area contributed by atoms with Gasteiger partial charge in [-0.05, 0) is 53.4 Å². The fourth-order valence-electron chi connectivity index (χ4n) is 8.25. The first-order valence-corrected chi connectivity index (χ1v) is 24.8. The molecular weight excluding hydrogens is 921 g/mol. The quantitative estimate of drug-likeness (QED) is 0.0483. The number of ether oxygens (including phenoxy) is 9. The number of rotatable bonds is 23. The highest BCUT2D eigenvalue weighted by molar-refractivity contribution is 8.00. The Labute approximate surface area is 419 Å². The number of carbonyl (C=O) groups excluding carboxylic acids is 2. The molecule has 0 aliphatic carbocycles.